The lowest BCUT2D eigenvalue weighted by Crippen LogP contribution is -2.16. The molecule has 140 valence electrons. The van der Waals surface area contributed by atoms with Crippen molar-refractivity contribution in [3.05, 3.63) is 36.4 Å². The Balaban J connectivity index is 1.93. The Labute approximate surface area is 153 Å². The van der Waals surface area contributed by atoms with Crippen molar-refractivity contribution in [3.63, 3.8) is 0 Å². The van der Waals surface area contributed by atoms with Gasteiger partial charge >= 0.3 is 0 Å². The first kappa shape index (κ1) is 19.2. The molecular weight excluding hydrogens is 336 g/mol. The normalized spacial score (nSPS) is 10.0. The fraction of sp³-hybridized carbons (Fsp3) is 0.316. The molecule has 0 spiro atoms. The molecule has 2 N–H and O–H groups in total. The van der Waals surface area contributed by atoms with E-state index in [9.17, 15) is 4.79 Å². The van der Waals surface area contributed by atoms with Crippen LogP contribution in [-0.2, 0) is 4.79 Å². The molecule has 0 aliphatic rings. The Bertz CT molecular complexity index is 723. The summed E-state index contributed by atoms with van der Waals surface area (Å²) in [4.78, 5) is 12.1. The molecule has 0 saturated heterocycles. The summed E-state index contributed by atoms with van der Waals surface area (Å²) in [6.07, 6.45) is 0.299. The second-order valence-electron chi connectivity index (χ2n) is 5.37. The highest BCUT2D eigenvalue weighted by Gasteiger charge is 2.13. The first-order valence-electron chi connectivity index (χ1n) is 8.09. The first-order chi connectivity index (χ1) is 12.6. The molecule has 0 unspecified atom stereocenters. The van der Waals surface area contributed by atoms with E-state index in [1.54, 1.807) is 46.6 Å². The molecule has 0 fully saturated rings. The van der Waals surface area contributed by atoms with Gasteiger partial charge in [-0.2, -0.15) is 0 Å². The maximum atomic E-state index is 12.1. The van der Waals surface area contributed by atoms with Gasteiger partial charge < -0.3 is 29.6 Å². The number of amides is 1. The van der Waals surface area contributed by atoms with Crippen molar-refractivity contribution in [2.45, 2.75) is 6.42 Å². The van der Waals surface area contributed by atoms with Crippen LogP contribution in [0.15, 0.2) is 36.4 Å². The Kier molecular flexibility index (Phi) is 6.96. The van der Waals surface area contributed by atoms with Crippen LogP contribution in [0.4, 0.5) is 11.4 Å². The van der Waals surface area contributed by atoms with Gasteiger partial charge in [0.25, 0.3) is 0 Å². The Hall–Kier alpha value is -3.09. The average Bonchev–Trinajstić information content (AvgIpc) is 2.67. The van der Waals surface area contributed by atoms with Crippen LogP contribution in [0.5, 0.6) is 23.0 Å². The first-order valence-corrected chi connectivity index (χ1v) is 8.09. The molecule has 2 aromatic rings. The van der Waals surface area contributed by atoms with Crippen LogP contribution in [0, 0.1) is 0 Å². The Morgan fingerprint density at radius 3 is 2.15 bits per heavy atom. The van der Waals surface area contributed by atoms with Gasteiger partial charge in [-0.25, -0.2) is 0 Å². The highest BCUT2D eigenvalue weighted by atomic mass is 16.5. The summed E-state index contributed by atoms with van der Waals surface area (Å²) in [6.45, 7) is 0.453. The molecule has 26 heavy (non-hydrogen) atoms. The summed E-state index contributed by atoms with van der Waals surface area (Å²) in [7, 11) is 6.25. The van der Waals surface area contributed by atoms with Crippen molar-refractivity contribution in [1.82, 2.24) is 0 Å². The lowest BCUT2D eigenvalue weighted by atomic mass is 10.2. The van der Waals surface area contributed by atoms with E-state index < -0.39 is 0 Å². The topological polar surface area (TPSA) is 78.1 Å². The molecular formula is C19H24N2O5. The van der Waals surface area contributed by atoms with Crippen molar-refractivity contribution in [3.8, 4) is 23.0 Å². The van der Waals surface area contributed by atoms with Gasteiger partial charge in [-0.05, 0) is 12.1 Å². The minimum atomic E-state index is -0.0989. The zero-order chi connectivity index (χ0) is 18.9. The van der Waals surface area contributed by atoms with Crippen molar-refractivity contribution < 1.29 is 23.7 Å². The number of rotatable bonds is 9. The monoisotopic (exact) mass is 360 g/mol. The number of benzene rings is 2. The lowest BCUT2D eigenvalue weighted by Gasteiger charge is -2.15. The number of hydrogen-bond acceptors (Lipinski definition) is 6. The summed E-state index contributed by atoms with van der Waals surface area (Å²) in [5.41, 5.74) is 1.47. The second kappa shape index (κ2) is 9.41. The molecule has 2 aromatic carbocycles. The predicted molar refractivity (Wildman–Crippen MR) is 101 cm³/mol. The summed E-state index contributed by atoms with van der Waals surface area (Å²) < 4.78 is 21.1. The largest absolute Gasteiger partial charge is 0.497 e. The number of nitrogens with one attached hydrogen (secondary N) is 2. The summed E-state index contributed by atoms with van der Waals surface area (Å²) in [5, 5.41) is 6.02. The van der Waals surface area contributed by atoms with Gasteiger partial charge in [-0.15, -0.1) is 0 Å². The van der Waals surface area contributed by atoms with Crippen LogP contribution >= 0.6 is 0 Å². The van der Waals surface area contributed by atoms with E-state index >= 15 is 0 Å². The number of methoxy groups -OCH3 is 4. The summed E-state index contributed by atoms with van der Waals surface area (Å²) in [5.74, 6) is 2.22. The highest BCUT2D eigenvalue weighted by molar-refractivity contribution is 5.91. The van der Waals surface area contributed by atoms with Gasteiger partial charge in [-0.1, -0.05) is 6.07 Å². The van der Waals surface area contributed by atoms with E-state index in [4.69, 9.17) is 18.9 Å². The maximum absolute atomic E-state index is 12.1. The predicted octanol–water partition coefficient (Wildman–Crippen LogP) is 3.16. The highest BCUT2D eigenvalue weighted by Crippen LogP contribution is 2.39. The maximum Gasteiger partial charge on any atom is 0.226 e. The molecule has 0 aliphatic carbocycles. The van der Waals surface area contributed by atoms with Crippen molar-refractivity contribution in [2.24, 2.45) is 0 Å². The molecule has 0 heterocycles. The third kappa shape index (κ3) is 4.95. The molecule has 0 radical (unpaired) electrons. The van der Waals surface area contributed by atoms with Crippen molar-refractivity contribution in [2.75, 3.05) is 45.6 Å². The van der Waals surface area contributed by atoms with E-state index in [-0.39, 0.29) is 5.91 Å². The summed E-state index contributed by atoms with van der Waals surface area (Å²) >= 11 is 0. The standard InChI is InChI=1S/C19H24N2O5/c1-23-15-7-5-6-13(10-15)21-18(22)8-9-20-14-11-16(24-2)19(26-4)17(12-14)25-3/h5-7,10-12,20H,8-9H2,1-4H3,(H,21,22). The molecule has 7 heteroatoms. The van der Waals surface area contributed by atoms with Crippen molar-refractivity contribution in [1.29, 1.82) is 0 Å². The van der Waals surface area contributed by atoms with Crippen LogP contribution < -0.4 is 29.6 Å². The third-order valence-corrected chi connectivity index (χ3v) is 3.70. The van der Waals surface area contributed by atoms with Gasteiger partial charge in [0.05, 0.1) is 28.4 Å². The average molecular weight is 360 g/mol. The van der Waals surface area contributed by atoms with Crippen LogP contribution in [-0.4, -0.2) is 40.9 Å². The Morgan fingerprint density at radius 1 is 0.885 bits per heavy atom. The van der Waals surface area contributed by atoms with Crippen LogP contribution in [0.2, 0.25) is 0 Å². The van der Waals surface area contributed by atoms with E-state index in [0.29, 0.717) is 41.7 Å². The van der Waals surface area contributed by atoms with Gasteiger partial charge in [0.1, 0.15) is 5.75 Å². The minimum Gasteiger partial charge on any atom is -0.497 e. The molecule has 1 amide bonds. The van der Waals surface area contributed by atoms with Gasteiger partial charge in [0.15, 0.2) is 11.5 Å². The van der Waals surface area contributed by atoms with Gasteiger partial charge in [-0.3, -0.25) is 4.79 Å². The van der Waals surface area contributed by atoms with E-state index in [1.165, 1.54) is 0 Å². The van der Waals surface area contributed by atoms with E-state index in [0.717, 1.165) is 5.69 Å². The third-order valence-electron chi connectivity index (χ3n) is 3.70. The molecule has 0 saturated carbocycles. The number of anilines is 2. The number of carbonyl (C=O) groups is 1. The molecule has 0 aromatic heterocycles. The molecule has 0 bridgehead atoms. The van der Waals surface area contributed by atoms with Crippen LogP contribution in [0.1, 0.15) is 6.42 Å². The number of hydrogen-bond donors (Lipinski definition) is 2. The zero-order valence-corrected chi connectivity index (χ0v) is 15.4. The SMILES string of the molecule is COc1cccc(NC(=O)CCNc2cc(OC)c(OC)c(OC)c2)c1. The van der Waals surface area contributed by atoms with Crippen molar-refractivity contribution >= 4 is 17.3 Å². The van der Waals surface area contributed by atoms with E-state index in [1.807, 2.05) is 18.2 Å². The van der Waals surface area contributed by atoms with Gasteiger partial charge in [0.2, 0.25) is 11.7 Å². The zero-order valence-electron chi connectivity index (χ0n) is 15.4. The molecule has 2 rings (SSSR count). The van der Waals surface area contributed by atoms with Crippen LogP contribution in [0.25, 0.3) is 0 Å². The fourth-order valence-corrected chi connectivity index (χ4v) is 2.43. The number of carbonyl (C=O) groups excluding carboxylic acids is 1. The van der Waals surface area contributed by atoms with E-state index in [2.05, 4.69) is 10.6 Å². The lowest BCUT2D eigenvalue weighted by molar-refractivity contribution is -0.115. The van der Waals surface area contributed by atoms with Crippen LogP contribution in [0.3, 0.4) is 0 Å². The molecule has 0 atom stereocenters. The molecule has 7 nitrogen and oxygen atoms in total. The summed E-state index contributed by atoms with van der Waals surface area (Å²) in [6, 6.07) is 10.8. The molecule has 0 aliphatic heterocycles. The second-order valence-corrected chi connectivity index (χ2v) is 5.37. The quantitative estimate of drug-likeness (QED) is 0.715. The number of ether oxygens (including phenoxy) is 4. The minimum absolute atomic E-state index is 0.0989. The smallest absolute Gasteiger partial charge is 0.226 e. The Morgan fingerprint density at radius 2 is 1.58 bits per heavy atom. The van der Waals surface area contributed by atoms with Gasteiger partial charge in [0, 0.05) is 42.5 Å². The fourth-order valence-electron chi connectivity index (χ4n) is 2.43.